The number of carbonyl (C=O) groups excluding carboxylic acids is 1. The van der Waals surface area contributed by atoms with Gasteiger partial charge in [0.05, 0.1) is 20.9 Å². The number of pyridine rings is 1. The molecule has 1 fully saturated rings. The van der Waals surface area contributed by atoms with Crippen LogP contribution in [-0.4, -0.2) is 33.6 Å². The number of ether oxygens (including phenoxy) is 1. The molecule has 0 saturated carbocycles. The van der Waals surface area contributed by atoms with Crippen LogP contribution >= 0.6 is 22.6 Å². The van der Waals surface area contributed by atoms with Gasteiger partial charge in [-0.25, -0.2) is 0 Å². The summed E-state index contributed by atoms with van der Waals surface area (Å²) < 4.78 is 8.40. The van der Waals surface area contributed by atoms with Crippen LogP contribution in [0.15, 0.2) is 35.1 Å². The van der Waals surface area contributed by atoms with Gasteiger partial charge in [0.1, 0.15) is 6.61 Å². The lowest BCUT2D eigenvalue weighted by molar-refractivity contribution is 0.0546. The van der Waals surface area contributed by atoms with E-state index in [-0.39, 0.29) is 29.2 Å². The summed E-state index contributed by atoms with van der Waals surface area (Å²) >= 11 is 2.00. The van der Waals surface area contributed by atoms with E-state index in [1.165, 1.54) is 0 Å². The zero-order chi connectivity index (χ0) is 19.5. The third-order valence-electron chi connectivity index (χ3n) is 6.19. The highest BCUT2D eigenvalue weighted by Gasteiger charge is 2.53. The molecule has 28 heavy (non-hydrogen) atoms. The van der Waals surface area contributed by atoms with Gasteiger partial charge in [0.2, 0.25) is 5.43 Å². The molecule has 1 aromatic carbocycles. The van der Waals surface area contributed by atoms with E-state index in [4.69, 9.17) is 4.74 Å². The minimum Gasteiger partial charge on any atom is -0.483 e. The molecule has 0 aliphatic carbocycles. The number of aliphatic hydroxyl groups excluding tert-OH is 1. The number of halogens is 1. The standard InChI is InChI=1S/C21H21IN2O4/c22-15-16-14(25)10-21-8-4-5-9-23(12-21)20(27)17(24(16)21)19(18(15)26)28-11-13-6-2-1-3-7-13/h1-3,6-7,14,25H,4-5,8-12H2. The highest BCUT2D eigenvalue weighted by atomic mass is 127. The number of hydrogen-bond donors (Lipinski definition) is 1. The van der Waals surface area contributed by atoms with Crippen LogP contribution in [0.4, 0.5) is 0 Å². The molecule has 1 spiro atoms. The largest absolute Gasteiger partial charge is 0.483 e. The molecule has 5 rings (SSSR count). The zero-order valence-corrected chi connectivity index (χ0v) is 17.5. The molecule has 6 nitrogen and oxygen atoms in total. The highest BCUT2D eigenvalue weighted by Crippen LogP contribution is 2.49. The fourth-order valence-corrected chi connectivity index (χ4v) is 5.82. The number of aromatic nitrogens is 1. The van der Waals surface area contributed by atoms with Gasteiger partial charge in [-0.3, -0.25) is 9.59 Å². The van der Waals surface area contributed by atoms with Gasteiger partial charge in [-0.05, 0) is 47.4 Å². The second-order valence-corrected chi connectivity index (χ2v) is 9.02. The lowest BCUT2D eigenvalue weighted by Gasteiger charge is -2.41. The fraction of sp³-hybridized carbons (Fsp3) is 0.429. The van der Waals surface area contributed by atoms with E-state index >= 15 is 0 Å². The second-order valence-electron chi connectivity index (χ2n) is 7.94. The van der Waals surface area contributed by atoms with Gasteiger partial charge in [0, 0.05) is 19.5 Å². The summed E-state index contributed by atoms with van der Waals surface area (Å²) in [7, 11) is 0. The van der Waals surface area contributed by atoms with Crippen molar-refractivity contribution in [1.82, 2.24) is 9.47 Å². The Hall–Kier alpha value is -1.87. The van der Waals surface area contributed by atoms with Crippen molar-refractivity contribution >= 4 is 28.5 Å². The van der Waals surface area contributed by atoms with Crippen LogP contribution in [0.25, 0.3) is 0 Å². The van der Waals surface area contributed by atoms with E-state index in [0.717, 1.165) is 24.8 Å². The molecule has 1 aromatic heterocycles. The Morgan fingerprint density at radius 2 is 2.00 bits per heavy atom. The zero-order valence-electron chi connectivity index (χ0n) is 15.4. The minimum absolute atomic E-state index is 0.118. The molecule has 2 aromatic rings. The van der Waals surface area contributed by atoms with Gasteiger partial charge < -0.3 is 19.3 Å². The minimum atomic E-state index is -0.729. The van der Waals surface area contributed by atoms with E-state index in [2.05, 4.69) is 0 Å². The molecule has 4 heterocycles. The van der Waals surface area contributed by atoms with E-state index in [1.807, 2.05) is 62.4 Å². The van der Waals surface area contributed by atoms with Crippen LogP contribution in [0.2, 0.25) is 0 Å². The van der Waals surface area contributed by atoms with E-state index in [9.17, 15) is 14.7 Å². The number of hydrogen-bond acceptors (Lipinski definition) is 4. The maximum Gasteiger partial charge on any atom is 0.274 e. The average Bonchev–Trinajstić information content (AvgIpc) is 2.85. The third-order valence-corrected chi connectivity index (χ3v) is 7.24. The first kappa shape index (κ1) is 18.2. The van der Waals surface area contributed by atoms with Crippen molar-refractivity contribution in [2.75, 3.05) is 13.1 Å². The molecule has 2 atom stereocenters. The summed E-state index contributed by atoms with van der Waals surface area (Å²) in [4.78, 5) is 28.3. The van der Waals surface area contributed by atoms with Gasteiger partial charge in [0.15, 0.2) is 11.4 Å². The Kier molecular flexibility index (Phi) is 4.28. The predicted molar refractivity (Wildman–Crippen MR) is 111 cm³/mol. The highest BCUT2D eigenvalue weighted by molar-refractivity contribution is 14.1. The number of aliphatic hydroxyl groups is 1. The third kappa shape index (κ3) is 2.55. The predicted octanol–water partition coefficient (Wildman–Crippen LogP) is 2.80. The number of nitrogens with zero attached hydrogens (tertiary/aromatic N) is 2. The lowest BCUT2D eigenvalue weighted by Crippen LogP contribution is -2.52. The number of benzene rings is 1. The molecule has 0 radical (unpaired) electrons. The quantitative estimate of drug-likeness (QED) is 0.670. The molecule has 2 bridgehead atoms. The van der Waals surface area contributed by atoms with Gasteiger partial charge in [-0.15, -0.1) is 0 Å². The summed E-state index contributed by atoms with van der Waals surface area (Å²) in [6.07, 6.45) is 2.65. The average molecular weight is 492 g/mol. The molecule has 1 saturated heterocycles. The SMILES string of the molecule is O=C1c2c(OCc3ccccc3)c(=O)c(I)c3n2C2(CCCCN1C2)CC3O. The summed E-state index contributed by atoms with van der Waals surface area (Å²) in [6, 6.07) is 9.61. The molecule has 7 heteroatoms. The summed E-state index contributed by atoms with van der Waals surface area (Å²) in [5.74, 6) is -0.0449. The lowest BCUT2D eigenvalue weighted by atomic mass is 9.88. The molecular formula is C21H21IN2O4. The molecule has 2 unspecified atom stereocenters. The fourth-order valence-electron chi connectivity index (χ4n) is 4.98. The van der Waals surface area contributed by atoms with E-state index in [0.29, 0.717) is 34.5 Å². The van der Waals surface area contributed by atoms with Crippen molar-refractivity contribution in [2.45, 2.75) is 43.9 Å². The van der Waals surface area contributed by atoms with Crippen molar-refractivity contribution in [2.24, 2.45) is 0 Å². The van der Waals surface area contributed by atoms with Crippen LogP contribution < -0.4 is 10.2 Å². The van der Waals surface area contributed by atoms with Gasteiger partial charge in [-0.2, -0.15) is 0 Å². The van der Waals surface area contributed by atoms with Crippen LogP contribution in [0.1, 0.15) is 53.5 Å². The second kappa shape index (κ2) is 6.59. The number of amides is 1. The Balaban J connectivity index is 1.70. The van der Waals surface area contributed by atoms with Crippen LogP contribution in [0.3, 0.4) is 0 Å². The molecule has 1 amide bonds. The van der Waals surface area contributed by atoms with Gasteiger partial charge in [-0.1, -0.05) is 30.3 Å². The Morgan fingerprint density at radius 1 is 1.21 bits per heavy atom. The number of carbonyl (C=O) groups is 1. The maximum atomic E-state index is 13.3. The van der Waals surface area contributed by atoms with Crippen molar-refractivity contribution in [3.63, 3.8) is 0 Å². The topological polar surface area (TPSA) is 71.8 Å². The van der Waals surface area contributed by atoms with Crippen molar-refractivity contribution in [3.8, 4) is 5.75 Å². The number of rotatable bonds is 3. The van der Waals surface area contributed by atoms with E-state index < -0.39 is 6.10 Å². The molecule has 3 aliphatic rings. The molecular weight excluding hydrogens is 471 g/mol. The van der Waals surface area contributed by atoms with Crippen molar-refractivity contribution in [1.29, 1.82) is 0 Å². The summed E-state index contributed by atoms with van der Waals surface area (Å²) in [5, 5.41) is 10.8. The molecule has 1 N–H and O–H groups in total. The monoisotopic (exact) mass is 492 g/mol. The molecule has 146 valence electrons. The van der Waals surface area contributed by atoms with Gasteiger partial charge in [0.25, 0.3) is 5.91 Å². The maximum absolute atomic E-state index is 13.3. The first-order valence-electron chi connectivity index (χ1n) is 9.65. The van der Waals surface area contributed by atoms with E-state index in [1.54, 1.807) is 0 Å². The Bertz CT molecular complexity index is 1020. The van der Waals surface area contributed by atoms with Gasteiger partial charge >= 0.3 is 0 Å². The van der Waals surface area contributed by atoms with Crippen molar-refractivity contribution in [3.05, 3.63) is 61.1 Å². The summed E-state index contributed by atoms with van der Waals surface area (Å²) in [5.41, 5.74) is 1.20. The first-order valence-corrected chi connectivity index (χ1v) is 10.7. The van der Waals surface area contributed by atoms with Crippen molar-refractivity contribution < 1.29 is 14.6 Å². The normalized spacial score (nSPS) is 25.4. The Morgan fingerprint density at radius 3 is 2.79 bits per heavy atom. The van der Waals surface area contributed by atoms with Crippen LogP contribution in [0, 0.1) is 3.57 Å². The smallest absolute Gasteiger partial charge is 0.274 e. The van der Waals surface area contributed by atoms with Crippen LogP contribution in [-0.2, 0) is 12.1 Å². The van der Waals surface area contributed by atoms with Crippen LogP contribution in [0.5, 0.6) is 5.75 Å². The summed E-state index contributed by atoms with van der Waals surface area (Å²) in [6.45, 7) is 1.51. The molecule has 3 aliphatic heterocycles. The first-order chi connectivity index (χ1) is 13.5. The Labute approximate surface area is 176 Å². The number of fused-ring (bicyclic) bond motifs is 1.